The molecule has 3 aromatic rings. The lowest BCUT2D eigenvalue weighted by atomic mass is 10.2. The molecule has 0 bridgehead atoms. The first-order valence-electron chi connectivity index (χ1n) is 9.13. The number of nitrogens with zero attached hydrogens (tertiary/aromatic N) is 2. The van der Waals surface area contributed by atoms with Crippen molar-refractivity contribution < 1.29 is 4.79 Å². The highest BCUT2D eigenvalue weighted by Crippen LogP contribution is 2.28. The lowest BCUT2D eigenvalue weighted by molar-refractivity contribution is -0.118. The molecule has 0 fully saturated rings. The van der Waals surface area contributed by atoms with Crippen molar-refractivity contribution in [2.24, 2.45) is 5.10 Å². The van der Waals surface area contributed by atoms with Gasteiger partial charge in [0, 0.05) is 32.2 Å². The van der Waals surface area contributed by atoms with E-state index in [0.717, 1.165) is 32.9 Å². The summed E-state index contributed by atoms with van der Waals surface area (Å²) in [5, 5.41) is 5.28. The number of amides is 1. The maximum atomic E-state index is 12.1. The fourth-order valence-electron chi connectivity index (χ4n) is 3.05. The number of nitrogens with one attached hydrogen (secondary N) is 1. The van der Waals surface area contributed by atoms with Crippen LogP contribution in [0.25, 0.3) is 5.69 Å². The van der Waals surface area contributed by atoms with Crippen LogP contribution in [0.5, 0.6) is 0 Å². The van der Waals surface area contributed by atoms with E-state index in [9.17, 15) is 4.79 Å². The number of aryl methyl sites for hydroxylation is 1. The van der Waals surface area contributed by atoms with Gasteiger partial charge in [-0.25, -0.2) is 5.43 Å². The minimum absolute atomic E-state index is 0.138. The molecule has 156 valence electrons. The molecule has 0 spiro atoms. The maximum Gasteiger partial charge on any atom is 0.250 e. The van der Waals surface area contributed by atoms with Crippen molar-refractivity contribution in [1.82, 2.24) is 9.99 Å². The Morgan fingerprint density at radius 2 is 2.00 bits per heavy atom. The number of carbonyl (C=O) groups excluding carboxylic acids is 1. The second-order valence-corrected chi connectivity index (χ2v) is 9.42. The van der Waals surface area contributed by atoms with Gasteiger partial charge in [0.15, 0.2) is 0 Å². The third-order valence-corrected chi connectivity index (χ3v) is 6.44. The van der Waals surface area contributed by atoms with Crippen molar-refractivity contribution in [2.75, 3.05) is 5.75 Å². The Bertz CT molecular complexity index is 1100. The molecule has 4 nitrogen and oxygen atoms in total. The van der Waals surface area contributed by atoms with Gasteiger partial charge in [0.2, 0.25) is 5.91 Å². The Hall–Kier alpha value is -1.73. The van der Waals surface area contributed by atoms with Crippen LogP contribution in [0.4, 0.5) is 0 Å². The first-order chi connectivity index (χ1) is 14.3. The van der Waals surface area contributed by atoms with E-state index in [1.807, 2.05) is 54.8 Å². The molecule has 0 radical (unpaired) electrons. The van der Waals surface area contributed by atoms with Gasteiger partial charge in [-0.15, -0.1) is 11.8 Å². The maximum absolute atomic E-state index is 12.1. The highest BCUT2D eigenvalue weighted by Gasteiger charge is 2.12. The number of hydrogen-bond donors (Lipinski definition) is 1. The summed E-state index contributed by atoms with van der Waals surface area (Å²) in [5.74, 6) is 0.962. The number of hydrogen-bond acceptors (Lipinski definition) is 3. The number of benzene rings is 2. The molecule has 0 atom stereocenters. The molecule has 1 N–H and O–H groups in total. The predicted molar refractivity (Wildman–Crippen MR) is 131 cm³/mol. The van der Waals surface area contributed by atoms with Crippen LogP contribution >= 0.6 is 50.9 Å². The van der Waals surface area contributed by atoms with Gasteiger partial charge in [-0.05, 0) is 55.8 Å². The fraction of sp³-hybridized carbons (Fsp3) is 0.182. The van der Waals surface area contributed by atoms with Crippen molar-refractivity contribution in [1.29, 1.82) is 0 Å². The number of hydrazone groups is 1. The molecule has 3 rings (SSSR count). The van der Waals surface area contributed by atoms with Gasteiger partial charge in [0.25, 0.3) is 0 Å². The summed E-state index contributed by atoms with van der Waals surface area (Å²) < 4.78 is 3.07. The summed E-state index contributed by atoms with van der Waals surface area (Å²) in [6.45, 7) is 3.97. The molecule has 8 heteroatoms. The van der Waals surface area contributed by atoms with E-state index < -0.39 is 0 Å². The monoisotopic (exact) mass is 523 g/mol. The molecule has 1 amide bonds. The molecule has 1 heterocycles. The van der Waals surface area contributed by atoms with Gasteiger partial charge in [-0.1, -0.05) is 51.3 Å². The summed E-state index contributed by atoms with van der Waals surface area (Å²) in [6, 6.07) is 15.5. The standard InChI is InChI=1S/C22H20BrCl2N3OS/c1-14-8-17(15(2)28(14)21-7-6-19(24)10-20(21)25)11-26-27-22(29)13-30-12-16-4-3-5-18(23)9-16/h3-11H,12-13H2,1-2H3,(H,27,29)/b26-11-. The average Bonchev–Trinajstić information content (AvgIpc) is 2.96. The van der Waals surface area contributed by atoms with E-state index in [2.05, 4.69) is 26.5 Å². The molecule has 0 aliphatic carbocycles. The van der Waals surface area contributed by atoms with Gasteiger partial charge < -0.3 is 4.57 Å². The Morgan fingerprint density at radius 1 is 1.20 bits per heavy atom. The summed E-state index contributed by atoms with van der Waals surface area (Å²) in [5.41, 5.74) is 7.49. The van der Waals surface area contributed by atoms with E-state index in [1.165, 1.54) is 5.56 Å². The average molecular weight is 525 g/mol. The van der Waals surface area contributed by atoms with Gasteiger partial charge in [-0.3, -0.25) is 4.79 Å². The van der Waals surface area contributed by atoms with Crippen molar-refractivity contribution in [3.05, 3.63) is 85.6 Å². The van der Waals surface area contributed by atoms with Crippen molar-refractivity contribution in [3.63, 3.8) is 0 Å². The van der Waals surface area contributed by atoms with Gasteiger partial charge in [0.05, 0.1) is 22.7 Å². The van der Waals surface area contributed by atoms with Crippen molar-refractivity contribution >= 4 is 63.0 Å². The lowest BCUT2D eigenvalue weighted by Gasteiger charge is -2.11. The van der Waals surface area contributed by atoms with Crippen LogP contribution in [-0.2, 0) is 10.5 Å². The van der Waals surface area contributed by atoms with E-state index >= 15 is 0 Å². The van der Waals surface area contributed by atoms with Gasteiger partial charge in [-0.2, -0.15) is 5.10 Å². The van der Waals surface area contributed by atoms with E-state index in [-0.39, 0.29) is 5.91 Å². The molecular formula is C22H20BrCl2N3OS. The number of carbonyl (C=O) groups is 1. The van der Waals surface area contributed by atoms with Crippen molar-refractivity contribution in [2.45, 2.75) is 19.6 Å². The largest absolute Gasteiger partial charge is 0.316 e. The van der Waals surface area contributed by atoms with E-state index in [0.29, 0.717) is 15.8 Å². The number of rotatable bonds is 7. The third kappa shape index (κ3) is 5.91. The van der Waals surface area contributed by atoms with Gasteiger partial charge >= 0.3 is 0 Å². The Kier molecular flexibility index (Phi) is 8.06. The third-order valence-electron chi connectivity index (χ3n) is 4.40. The van der Waals surface area contributed by atoms with Crippen molar-refractivity contribution in [3.8, 4) is 5.69 Å². The first kappa shape index (κ1) is 22.9. The number of thioether (sulfide) groups is 1. The Morgan fingerprint density at radius 3 is 2.73 bits per heavy atom. The zero-order valence-electron chi connectivity index (χ0n) is 16.5. The molecule has 30 heavy (non-hydrogen) atoms. The highest BCUT2D eigenvalue weighted by atomic mass is 79.9. The van der Waals surface area contributed by atoms with Crippen LogP contribution in [0.3, 0.4) is 0 Å². The van der Waals surface area contributed by atoms with Gasteiger partial charge in [0.1, 0.15) is 0 Å². The molecule has 0 unspecified atom stereocenters. The quantitative estimate of drug-likeness (QED) is 0.281. The molecule has 1 aromatic heterocycles. The fourth-order valence-corrected chi connectivity index (χ4v) is 4.75. The second kappa shape index (κ2) is 10.5. The van der Waals surface area contributed by atoms with Crippen LogP contribution in [0.1, 0.15) is 22.5 Å². The summed E-state index contributed by atoms with van der Waals surface area (Å²) in [7, 11) is 0. The molecule has 0 aliphatic rings. The second-order valence-electron chi connectivity index (χ2n) is 6.67. The van der Waals surface area contributed by atoms with Crippen LogP contribution in [0.15, 0.2) is 58.1 Å². The molecule has 0 saturated carbocycles. The lowest BCUT2D eigenvalue weighted by Crippen LogP contribution is -2.19. The normalized spacial score (nSPS) is 11.2. The number of aromatic nitrogens is 1. The highest BCUT2D eigenvalue weighted by molar-refractivity contribution is 9.10. The summed E-state index contributed by atoms with van der Waals surface area (Å²) in [4.78, 5) is 12.1. The molecule has 0 aliphatic heterocycles. The molecule has 2 aromatic carbocycles. The topological polar surface area (TPSA) is 46.4 Å². The minimum Gasteiger partial charge on any atom is -0.316 e. The molecular weight excluding hydrogens is 505 g/mol. The van der Waals surface area contributed by atoms with Crippen LogP contribution in [0.2, 0.25) is 10.0 Å². The minimum atomic E-state index is -0.138. The Labute approximate surface area is 198 Å². The zero-order chi connectivity index (χ0) is 21.7. The van der Waals surface area contributed by atoms with E-state index in [4.69, 9.17) is 23.2 Å². The molecule has 0 saturated heterocycles. The van der Waals surface area contributed by atoms with Crippen LogP contribution < -0.4 is 5.43 Å². The smallest absolute Gasteiger partial charge is 0.250 e. The van der Waals surface area contributed by atoms with E-state index in [1.54, 1.807) is 30.1 Å². The summed E-state index contributed by atoms with van der Waals surface area (Å²) >= 11 is 17.4. The predicted octanol–water partition coefficient (Wildman–Crippen LogP) is 6.55. The SMILES string of the molecule is Cc1cc(/C=N\NC(=O)CSCc2cccc(Br)c2)c(C)n1-c1ccc(Cl)cc1Cl. The Balaban J connectivity index is 1.59. The van der Waals surface area contributed by atoms with Crippen LogP contribution in [-0.4, -0.2) is 22.4 Å². The summed E-state index contributed by atoms with van der Waals surface area (Å²) in [6.07, 6.45) is 1.65. The number of halogens is 3. The first-order valence-corrected chi connectivity index (χ1v) is 11.8. The van der Waals surface area contributed by atoms with Crippen LogP contribution in [0, 0.1) is 13.8 Å². The zero-order valence-corrected chi connectivity index (χ0v) is 20.4.